The molecule has 0 aliphatic heterocycles. The van der Waals surface area contributed by atoms with Crippen LogP contribution in [0, 0.1) is 0 Å². The summed E-state index contributed by atoms with van der Waals surface area (Å²) in [5, 5.41) is 10.6. The third-order valence-corrected chi connectivity index (χ3v) is 17.8. The first-order valence-corrected chi connectivity index (χ1v) is 38.8. The van der Waals surface area contributed by atoms with Crippen LogP contribution in [-0.4, -0.2) is 96.7 Å². The van der Waals surface area contributed by atoms with Crippen molar-refractivity contribution in [1.29, 1.82) is 0 Å². The first-order valence-electron chi connectivity index (χ1n) is 35.8. The van der Waals surface area contributed by atoms with Gasteiger partial charge in [-0.15, -0.1) is 0 Å². The van der Waals surface area contributed by atoms with Crippen molar-refractivity contribution in [2.24, 2.45) is 0 Å². The zero-order chi connectivity index (χ0) is 64.0. The Bertz CT molecular complexity index is 1670. The highest BCUT2D eigenvalue weighted by Crippen LogP contribution is 2.45. The summed E-state index contributed by atoms with van der Waals surface area (Å²) in [5.41, 5.74) is 0. The zero-order valence-corrected chi connectivity index (χ0v) is 57.8. The molecule has 87 heavy (non-hydrogen) atoms. The summed E-state index contributed by atoms with van der Waals surface area (Å²) in [4.78, 5) is 72.4. The molecule has 0 spiro atoms. The number of ether oxygens (including phenoxy) is 4. The van der Waals surface area contributed by atoms with Gasteiger partial charge in [0.05, 0.1) is 26.4 Å². The number of phosphoric acid groups is 2. The summed E-state index contributed by atoms with van der Waals surface area (Å²) >= 11 is 0. The van der Waals surface area contributed by atoms with Gasteiger partial charge in [0, 0.05) is 25.7 Å². The molecule has 0 saturated heterocycles. The zero-order valence-electron chi connectivity index (χ0n) is 56.0. The smallest absolute Gasteiger partial charge is 0.462 e. The minimum absolute atomic E-state index is 0.108. The van der Waals surface area contributed by atoms with E-state index in [4.69, 9.17) is 37.0 Å². The van der Waals surface area contributed by atoms with Crippen molar-refractivity contribution in [1.82, 2.24) is 0 Å². The lowest BCUT2D eigenvalue weighted by Gasteiger charge is -2.21. The van der Waals surface area contributed by atoms with Crippen LogP contribution in [0.3, 0.4) is 0 Å². The van der Waals surface area contributed by atoms with E-state index in [1.54, 1.807) is 0 Å². The van der Waals surface area contributed by atoms with E-state index in [0.29, 0.717) is 25.7 Å². The van der Waals surface area contributed by atoms with Gasteiger partial charge in [-0.2, -0.15) is 0 Å². The first-order chi connectivity index (χ1) is 42.2. The molecule has 0 radical (unpaired) electrons. The fourth-order valence-corrected chi connectivity index (χ4v) is 11.9. The Morgan fingerprint density at radius 1 is 0.276 bits per heavy atom. The van der Waals surface area contributed by atoms with Gasteiger partial charge in [-0.25, -0.2) is 9.13 Å². The van der Waals surface area contributed by atoms with E-state index in [2.05, 4.69) is 27.7 Å². The number of carbonyl (C=O) groups is 4. The second-order valence-electron chi connectivity index (χ2n) is 24.6. The summed E-state index contributed by atoms with van der Waals surface area (Å²) in [6, 6.07) is 0. The molecule has 0 aromatic heterocycles. The maximum Gasteiger partial charge on any atom is 0.472 e. The quantitative estimate of drug-likeness (QED) is 0.0222. The van der Waals surface area contributed by atoms with E-state index in [0.717, 1.165) is 89.9 Å². The molecule has 0 aliphatic carbocycles. The second kappa shape index (κ2) is 62.8. The molecule has 0 bridgehead atoms. The number of unbranched alkanes of at least 4 members (excludes halogenated alkanes) is 43. The van der Waals surface area contributed by atoms with Gasteiger partial charge in [-0.05, 0) is 25.7 Å². The fourth-order valence-electron chi connectivity index (χ4n) is 10.3. The maximum absolute atomic E-state index is 13.0. The van der Waals surface area contributed by atoms with Crippen molar-refractivity contribution in [3.05, 3.63) is 0 Å². The van der Waals surface area contributed by atoms with E-state index in [9.17, 15) is 43.2 Å². The molecule has 0 saturated carbocycles. The van der Waals surface area contributed by atoms with Crippen LogP contribution in [0.5, 0.6) is 0 Å². The standard InChI is InChI=1S/C68H132O17P2/c1-5-9-13-17-21-25-29-30-31-35-39-43-47-51-55-68(73)85-64(59-79-66(71)53-49-45-41-37-33-27-23-19-15-11-7-3)61-83-87(76,77)81-57-62(69)56-80-86(74,75)82-60-63(84-67(72)54-50-46-42-38-34-28-24-20-16-12-8-4)58-78-65(70)52-48-44-40-36-32-26-22-18-14-10-6-2/h62-64,69H,5-61H2,1-4H3,(H,74,75)(H,76,77)/t62-,63+,64+/m0/s1. The number of carbonyl (C=O) groups excluding carboxylic acids is 4. The van der Waals surface area contributed by atoms with Crippen molar-refractivity contribution in [2.45, 2.75) is 373 Å². The normalized spacial score (nSPS) is 14.1. The van der Waals surface area contributed by atoms with Gasteiger partial charge in [0.2, 0.25) is 0 Å². The van der Waals surface area contributed by atoms with E-state index in [-0.39, 0.29) is 25.7 Å². The highest BCUT2D eigenvalue weighted by Gasteiger charge is 2.30. The molecular formula is C68H132O17P2. The molecule has 0 amide bonds. The van der Waals surface area contributed by atoms with Crippen LogP contribution in [0.4, 0.5) is 0 Å². The van der Waals surface area contributed by atoms with Crippen molar-refractivity contribution >= 4 is 39.5 Å². The van der Waals surface area contributed by atoms with Crippen molar-refractivity contribution in [2.75, 3.05) is 39.6 Å². The average Bonchev–Trinajstić information content (AvgIpc) is 3.71. The number of rotatable bonds is 69. The number of hydrogen-bond acceptors (Lipinski definition) is 15. The molecule has 516 valence electrons. The van der Waals surface area contributed by atoms with Crippen molar-refractivity contribution in [3.8, 4) is 0 Å². The highest BCUT2D eigenvalue weighted by atomic mass is 31.2. The number of hydrogen-bond donors (Lipinski definition) is 3. The van der Waals surface area contributed by atoms with Gasteiger partial charge < -0.3 is 33.8 Å². The first kappa shape index (κ1) is 85.1. The summed E-state index contributed by atoms with van der Waals surface area (Å²) < 4.78 is 68.2. The molecule has 0 aliphatic rings. The van der Waals surface area contributed by atoms with E-state index < -0.39 is 97.5 Å². The molecule has 0 aromatic rings. The van der Waals surface area contributed by atoms with E-state index >= 15 is 0 Å². The Morgan fingerprint density at radius 3 is 0.678 bits per heavy atom. The highest BCUT2D eigenvalue weighted by molar-refractivity contribution is 7.47. The molecule has 5 atom stereocenters. The Labute approximate surface area is 530 Å². The van der Waals surface area contributed by atoms with Crippen LogP contribution in [0.25, 0.3) is 0 Å². The minimum atomic E-state index is -4.95. The molecular weight excluding hydrogens is 1150 g/mol. The average molecular weight is 1280 g/mol. The van der Waals surface area contributed by atoms with Gasteiger partial charge in [0.15, 0.2) is 12.2 Å². The van der Waals surface area contributed by atoms with Gasteiger partial charge in [0.1, 0.15) is 19.3 Å². The predicted octanol–water partition coefficient (Wildman–Crippen LogP) is 19.5. The lowest BCUT2D eigenvalue weighted by Crippen LogP contribution is -2.30. The van der Waals surface area contributed by atoms with Crippen molar-refractivity contribution in [3.63, 3.8) is 0 Å². The molecule has 17 nitrogen and oxygen atoms in total. The number of esters is 4. The van der Waals surface area contributed by atoms with Gasteiger partial charge in [-0.1, -0.05) is 304 Å². The van der Waals surface area contributed by atoms with Gasteiger partial charge >= 0.3 is 39.5 Å². The lowest BCUT2D eigenvalue weighted by atomic mass is 10.0. The van der Waals surface area contributed by atoms with Crippen LogP contribution in [-0.2, 0) is 65.4 Å². The third-order valence-electron chi connectivity index (χ3n) is 15.9. The number of phosphoric ester groups is 2. The van der Waals surface area contributed by atoms with E-state index in [1.165, 1.54) is 186 Å². The fraction of sp³-hybridized carbons (Fsp3) is 0.941. The second-order valence-corrected chi connectivity index (χ2v) is 27.5. The summed E-state index contributed by atoms with van der Waals surface area (Å²) in [7, 11) is -9.89. The summed E-state index contributed by atoms with van der Waals surface area (Å²) in [5.74, 6) is -2.12. The topological polar surface area (TPSA) is 237 Å². The van der Waals surface area contributed by atoms with Crippen LogP contribution in [0.1, 0.15) is 355 Å². The molecule has 0 fully saturated rings. The molecule has 2 unspecified atom stereocenters. The van der Waals surface area contributed by atoms with Crippen LogP contribution >= 0.6 is 15.6 Å². The summed E-state index contributed by atoms with van der Waals surface area (Å²) in [6.07, 6.45) is 49.7. The maximum atomic E-state index is 13.0. The summed E-state index contributed by atoms with van der Waals surface area (Å²) in [6.45, 7) is 4.93. The number of aliphatic hydroxyl groups excluding tert-OH is 1. The Balaban J connectivity index is 5.24. The largest absolute Gasteiger partial charge is 0.472 e. The lowest BCUT2D eigenvalue weighted by molar-refractivity contribution is -0.161. The molecule has 0 heterocycles. The minimum Gasteiger partial charge on any atom is -0.462 e. The van der Waals surface area contributed by atoms with E-state index in [1.807, 2.05) is 0 Å². The molecule has 3 N–H and O–H groups in total. The Hall–Kier alpha value is -1.94. The van der Waals surface area contributed by atoms with Crippen LogP contribution < -0.4 is 0 Å². The number of aliphatic hydroxyl groups is 1. The molecule has 19 heteroatoms. The SMILES string of the molecule is CCCCCCCCCCCCCCCCC(=O)O[C@H](COC(=O)CCCCCCCCCCCCC)COP(=O)(O)OC[C@@H](O)COP(=O)(O)OC[C@@H](COC(=O)CCCCCCCCCCCCC)OC(=O)CCCCCCCCCCCCC. The predicted molar refractivity (Wildman–Crippen MR) is 349 cm³/mol. The third kappa shape index (κ3) is 62.6. The monoisotopic (exact) mass is 1280 g/mol. The molecule has 0 aromatic carbocycles. The van der Waals surface area contributed by atoms with Gasteiger partial charge in [-0.3, -0.25) is 37.3 Å². The Morgan fingerprint density at radius 2 is 0.460 bits per heavy atom. The Kier molecular flexibility index (Phi) is 61.4. The van der Waals surface area contributed by atoms with Gasteiger partial charge in [0.25, 0.3) is 0 Å². The van der Waals surface area contributed by atoms with Crippen molar-refractivity contribution < 1.29 is 80.2 Å². The van der Waals surface area contributed by atoms with Crippen LogP contribution in [0.2, 0.25) is 0 Å². The van der Waals surface area contributed by atoms with Crippen LogP contribution in [0.15, 0.2) is 0 Å². The molecule has 0 rings (SSSR count).